The van der Waals surface area contributed by atoms with Crippen molar-refractivity contribution in [2.24, 2.45) is 0 Å². The van der Waals surface area contributed by atoms with E-state index in [2.05, 4.69) is 10.0 Å². The van der Waals surface area contributed by atoms with Crippen molar-refractivity contribution in [3.8, 4) is 0 Å². The monoisotopic (exact) mass is 468 g/mol. The van der Waals surface area contributed by atoms with E-state index in [1.807, 2.05) is 0 Å². The van der Waals surface area contributed by atoms with Crippen LogP contribution in [0.4, 0.5) is 24.5 Å². The minimum atomic E-state index is -4.60. The first kappa shape index (κ1) is 22.6. The summed E-state index contributed by atoms with van der Waals surface area (Å²) in [6.07, 6.45) is -4.55. The fourth-order valence-electron chi connectivity index (χ4n) is 2.71. The Morgan fingerprint density at radius 2 is 1.55 bits per heavy atom. The van der Waals surface area contributed by atoms with E-state index in [1.165, 1.54) is 30.3 Å². The molecule has 0 aliphatic heterocycles. The molecule has 3 aromatic rings. The highest BCUT2D eigenvalue weighted by molar-refractivity contribution is 7.92. The molecule has 10 heteroatoms. The molecule has 5 nitrogen and oxygen atoms in total. The van der Waals surface area contributed by atoms with Gasteiger partial charge in [0, 0.05) is 16.4 Å². The molecule has 31 heavy (non-hydrogen) atoms. The fourth-order valence-corrected chi connectivity index (χ4v) is 3.93. The predicted octanol–water partition coefficient (Wildman–Crippen LogP) is 5.34. The number of benzene rings is 3. The van der Waals surface area contributed by atoms with E-state index in [4.69, 9.17) is 11.6 Å². The topological polar surface area (TPSA) is 75.3 Å². The molecule has 0 radical (unpaired) electrons. The third-order valence-electron chi connectivity index (χ3n) is 4.15. The van der Waals surface area contributed by atoms with Gasteiger partial charge in [0.1, 0.15) is 0 Å². The molecule has 162 valence electrons. The second-order valence-corrected chi connectivity index (χ2v) is 8.68. The number of sulfonamides is 1. The maximum Gasteiger partial charge on any atom is 0.416 e. The smallest absolute Gasteiger partial charge is 0.326 e. The van der Waals surface area contributed by atoms with E-state index < -0.39 is 21.8 Å². The molecule has 0 bridgehead atoms. The second kappa shape index (κ2) is 8.99. The van der Waals surface area contributed by atoms with Crippen molar-refractivity contribution in [2.75, 3.05) is 10.0 Å². The summed E-state index contributed by atoms with van der Waals surface area (Å²) in [4.78, 5) is 12.0. The van der Waals surface area contributed by atoms with Gasteiger partial charge < -0.3 is 5.32 Å². The van der Waals surface area contributed by atoms with Gasteiger partial charge in [-0.05, 0) is 54.1 Å². The first-order valence-corrected chi connectivity index (χ1v) is 10.7. The maximum atomic E-state index is 12.9. The van der Waals surface area contributed by atoms with Crippen molar-refractivity contribution in [3.05, 3.63) is 88.9 Å². The van der Waals surface area contributed by atoms with Crippen molar-refractivity contribution < 1.29 is 26.4 Å². The molecule has 0 saturated heterocycles. The third-order valence-corrected chi connectivity index (χ3v) is 5.78. The minimum absolute atomic E-state index is 0.0522. The number of hydrogen-bond donors (Lipinski definition) is 2. The number of alkyl halides is 3. The molecule has 0 aromatic heterocycles. The second-order valence-electron chi connectivity index (χ2n) is 6.56. The van der Waals surface area contributed by atoms with E-state index in [0.717, 1.165) is 17.7 Å². The van der Waals surface area contributed by atoms with Crippen LogP contribution < -0.4 is 10.0 Å². The lowest BCUT2D eigenvalue weighted by Gasteiger charge is -2.12. The summed E-state index contributed by atoms with van der Waals surface area (Å²) >= 11 is 5.81. The number of rotatable bonds is 6. The highest BCUT2D eigenvalue weighted by Gasteiger charge is 2.30. The van der Waals surface area contributed by atoms with Crippen molar-refractivity contribution in [1.82, 2.24) is 0 Å². The van der Waals surface area contributed by atoms with Gasteiger partial charge in [-0.2, -0.15) is 13.2 Å². The summed E-state index contributed by atoms with van der Waals surface area (Å²) in [7, 11) is -4.18. The van der Waals surface area contributed by atoms with Crippen molar-refractivity contribution in [1.29, 1.82) is 0 Å². The Morgan fingerprint density at radius 1 is 0.903 bits per heavy atom. The lowest BCUT2D eigenvalue weighted by Crippen LogP contribution is -2.16. The SMILES string of the molecule is O=C(Cc1ccc(Cl)cc1)Nc1cccc(S(=O)(=O)Nc2cccc(C(F)(F)F)c2)c1. The summed E-state index contributed by atoms with van der Waals surface area (Å²) in [6.45, 7) is 0. The number of hydrogen-bond acceptors (Lipinski definition) is 3. The zero-order valence-electron chi connectivity index (χ0n) is 15.8. The van der Waals surface area contributed by atoms with Crippen LogP contribution in [-0.2, 0) is 27.4 Å². The van der Waals surface area contributed by atoms with E-state index in [-0.39, 0.29) is 28.6 Å². The first-order chi connectivity index (χ1) is 14.5. The van der Waals surface area contributed by atoms with E-state index in [1.54, 1.807) is 24.3 Å². The Labute approximate surface area is 181 Å². The van der Waals surface area contributed by atoms with Gasteiger partial charge in [-0.3, -0.25) is 9.52 Å². The van der Waals surface area contributed by atoms with Gasteiger partial charge >= 0.3 is 6.18 Å². The number of halogens is 4. The number of amides is 1. The number of carbonyl (C=O) groups excluding carboxylic acids is 1. The molecule has 0 unspecified atom stereocenters. The van der Waals surface area contributed by atoms with Crippen LogP contribution in [0.1, 0.15) is 11.1 Å². The highest BCUT2D eigenvalue weighted by atomic mass is 35.5. The van der Waals surface area contributed by atoms with E-state index in [0.29, 0.717) is 11.1 Å². The average molecular weight is 469 g/mol. The Balaban J connectivity index is 1.74. The molecule has 1 amide bonds. The quantitative estimate of drug-likeness (QED) is 0.512. The summed E-state index contributed by atoms with van der Waals surface area (Å²) in [5.74, 6) is -0.372. The van der Waals surface area contributed by atoms with Crippen LogP contribution in [0.15, 0.2) is 77.7 Å². The maximum absolute atomic E-state index is 12.9. The molecule has 0 aliphatic rings. The normalized spacial score (nSPS) is 11.7. The van der Waals surface area contributed by atoms with Crippen LogP contribution in [0.2, 0.25) is 5.02 Å². The van der Waals surface area contributed by atoms with Gasteiger partial charge in [-0.1, -0.05) is 35.9 Å². The predicted molar refractivity (Wildman–Crippen MR) is 112 cm³/mol. The van der Waals surface area contributed by atoms with E-state index in [9.17, 15) is 26.4 Å². The Hall–Kier alpha value is -3.04. The van der Waals surface area contributed by atoms with Crippen LogP contribution in [-0.4, -0.2) is 14.3 Å². The molecule has 2 N–H and O–H groups in total. The molecule has 0 fully saturated rings. The Morgan fingerprint density at radius 3 is 2.23 bits per heavy atom. The van der Waals surface area contributed by atoms with Crippen LogP contribution in [0.25, 0.3) is 0 Å². The number of anilines is 2. The molecule has 0 spiro atoms. The zero-order valence-corrected chi connectivity index (χ0v) is 17.4. The highest BCUT2D eigenvalue weighted by Crippen LogP contribution is 2.31. The van der Waals surface area contributed by atoms with Gasteiger partial charge in [0.2, 0.25) is 5.91 Å². The molecule has 3 aromatic carbocycles. The van der Waals surface area contributed by atoms with E-state index >= 15 is 0 Å². The Bertz CT molecular complexity index is 1200. The molecule has 0 atom stereocenters. The fraction of sp³-hybridized carbons (Fsp3) is 0.0952. The van der Waals surface area contributed by atoms with Crippen LogP contribution in [0, 0.1) is 0 Å². The van der Waals surface area contributed by atoms with Gasteiger partial charge in [-0.25, -0.2) is 8.42 Å². The molecule has 0 heterocycles. The van der Waals surface area contributed by atoms with Crippen molar-refractivity contribution in [2.45, 2.75) is 17.5 Å². The van der Waals surface area contributed by atoms with Crippen molar-refractivity contribution in [3.63, 3.8) is 0 Å². The summed E-state index contributed by atoms with van der Waals surface area (Å²) < 4.78 is 65.9. The summed E-state index contributed by atoms with van der Waals surface area (Å²) in [6, 6.07) is 16.0. The molecular formula is C21H16ClF3N2O3S. The van der Waals surface area contributed by atoms with Crippen LogP contribution in [0.5, 0.6) is 0 Å². The standard InChI is InChI=1S/C21H16ClF3N2O3S/c22-16-9-7-14(8-10-16)11-20(28)26-17-4-2-6-19(13-17)31(29,30)27-18-5-1-3-15(12-18)21(23,24)25/h1-10,12-13,27H,11H2,(H,26,28). The lowest BCUT2D eigenvalue weighted by atomic mass is 10.1. The Kier molecular flexibility index (Phi) is 6.56. The third kappa shape index (κ3) is 6.22. The van der Waals surface area contributed by atoms with Crippen LogP contribution in [0.3, 0.4) is 0 Å². The molecule has 3 rings (SSSR count). The number of nitrogens with one attached hydrogen (secondary N) is 2. The average Bonchev–Trinajstić information content (AvgIpc) is 2.69. The van der Waals surface area contributed by atoms with Crippen molar-refractivity contribution >= 4 is 38.9 Å². The summed E-state index contributed by atoms with van der Waals surface area (Å²) in [5.41, 5.74) is -0.259. The first-order valence-electron chi connectivity index (χ1n) is 8.87. The number of carbonyl (C=O) groups is 1. The zero-order chi connectivity index (χ0) is 22.6. The van der Waals surface area contributed by atoms with Crippen LogP contribution >= 0.6 is 11.6 Å². The molecule has 0 saturated carbocycles. The van der Waals surface area contributed by atoms with Gasteiger partial charge in [0.15, 0.2) is 0 Å². The lowest BCUT2D eigenvalue weighted by molar-refractivity contribution is -0.137. The molecule has 0 aliphatic carbocycles. The largest absolute Gasteiger partial charge is 0.416 e. The summed E-state index contributed by atoms with van der Waals surface area (Å²) in [5, 5.41) is 3.13. The minimum Gasteiger partial charge on any atom is -0.326 e. The van der Waals surface area contributed by atoms with Gasteiger partial charge in [-0.15, -0.1) is 0 Å². The molecular weight excluding hydrogens is 453 g/mol. The van der Waals surface area contributed by atoms with Gasteiger partial charge in [0.25, 0.3) is 10.0 Å². The van der Waals surface area contributed by atoms with Gasteiger partial charge in [0.05, 0.1) is 16.9 Å².